The third-order valence-corrected chi connectivity index (χ3v) is 2.25. The number of hydrogen-bond acceptors (Lipinski definition) is 1. The maximum atomic E-state index is 5.71. The summed E-state index contributed by atoms with van der Waals surface area (Å²) in [4.78, 5) is 0. The highest BCUT2D eigenvalue weighted by atomic mass is 19.0. The second-order valence-corrected chi connectivity index (χ2v) is 3.57. The summed E-state index contributed by atoms with van der Waals surface area (Å²) >= 11 is 0. The van der Waals surface area contributed by atoms with Gasteiger partial charge < -0.3 is 4.74 Å². The summed E-state index contributed by atoms with van der Waals surface area (Å²) in [5.74, 6) is 1.03. The van der Waals surface area contributed by atoms with Gasteiger partial charge in [0.2, 0.25) is 0 Å². The molecule has 2 radical (unpaired) electrons. The van der Waals surface area contributed by atoms with Gasteiger partial charge in [0.25, 0.3) is 0 Å². The van der Waals surface area contributed by atoms with Crippen molar-refractivity contribution in [2.45, 2.75) is 33.0 Å². The number of unbranched alkanes of at least 4 members (excludes halogenated alkanes) is 1. The van der Waals surface area contributed by atoms with Crippen LogP contribution in [0.5, 0.6) is 5.75 Å². The molecule has 0 heterocycles. The Hall–Kier alpha value is -1.06. The van der Waals surface area contributed by atoms with Gasteiger partial charge in [0.05, 0.1) is 14.5 Å². The van der Waals surface area contributed by atoms with Crippen LogP contribution in [0.4, 0.5) is 9.41 Å². The summed E-state index contributed by atoms with van der Waals surface area (Å²) in [5, 5.41) is 0. The fourth-order valence-corrected chi connectivity index (χ4v) is 1.45. The average Bonchev–Trinajstić information content (AvgIpc) is 2.16. The van der Waals surface area contributed by atoms with Crippen molar-refractivity contribution in [1.82, 2.24) is 0 Å². The summed E-state index contributed by atoms with van der Waals surface area (Å²) < 4.78 is 5.71. The number of benzene rings is 1. The first-order valence-corrected chi connectivity index (χ1v) is 5.15. The molecule has 0 amide bonds. The molecular weight excluding hydrogens is 209 g/mol. The summed E-state index contributed by atoms with van der Waals surface area (Å²) in [6, 6.07) is 6.20. The number of rotatable bonds is 5. The Morgan fingerprint density at radius 2 is 1.62 bits per heavy atom. The van der Waals surface area contributed by atoms with E-state index in [4.69, 9.17) is 12.6 Å². The van der Waals surface area contributed by atoms with Gasteiger partial charge in [-0.2, -0.15) is 0 Å². The molecule has 1 nitrogen and oxygen atoms in total. The molecule has 0 saturated carbocycles. The molecule has 90 valence electrons. The molecule has 0 aliphatic carbocycles. The molecule has 0 N–H and O–H groups in total. The normalized spacial score (nSPS) is 8.88. The van der Waals surface area contributed by atoms with Crippen LogP contribution in [0, 0.1) is 13.8 Å². The van der Waals surface area contributed by atoms with Crippen LogP contribution in [-0.2, 0) is 0 Å². The molecule has 0 aliphatic heterocycles. The van der Waals surface area contributed by atoms with Gasteiger partial charge in [0.15, 0.2) is 0 Å². The topological polar surface area (TPSA) is 9.23 Å². The molecule has 0 aliphatic rings. The number of ether oxygens (including phenoxy) is 1. The number of aryl methyl sites for hydroxylation is 2. The van der Waals surface area contributed by atoms with Crippen molar-refractivity contribution in [1.29, 1.82) is 0 Å². The maximum Gasteiger partial charge on any atom is 0.125 e. The lowest BCUT2D eigenvalue weighted by Crippen LogP contribution is -2.00. The summed E-state index contributed by atoms with van der Waals surface area (Å²) in [6.07, 6.45) is 2.81. The predicted octanol–water partition coefficient (Wildman–Crippen LogP) is 3.35. The Labute approximate surface area is 97.3 Å². The smallest absolute Gasteiger partial charge is 0.125 e. The molecule has 0 bridgehead atoms. The first-order chi connectivity index (χ1) is 6.75. The zero-order chi connectivity index (χ0) is 10.4. The van der Waals surface area contributed by atoms with Crippen LogP contribution < -0.4 is 4.74 Å². The van der Waals surface area contributed by atoms with Crippen molar-refractivity contribution in [3.8, 4) is 5.75 Å². The van der Waals surface area contributed by atoms with Gasteiger partial charge in [0, 0.05) is 0 Å². The molecule has 0 saturated heterocycles. The zero-order valence-corrected chi connectivity index (χ0v) is 9.86. The zero-order valence-electron chi connectivity index (χ0n) is 9.86. The number of halogens is 2. The Kier molecular flexibility index (Phi) is 9.96. The maximum absolute atomic E-state index is 5.71. The molecule has 0 unspecified atom stereocenters. The van der Waals surface area contributed by atoms with Crippen LogP contribution in [-0.4, -0.2) is 14.5 Å². The average molecular weight is 228 g/mol. The van der Waals surface area contributed by atoms with Gasteiger partial charge in [-0.3, -0.25) is 9.41 Å². The van der Waals surface area contributed by atoms with E-state index in [1.807, 2.05) is 0 Å². The molecule has 1 aromatic carbocycles. The lowest BCUT2D eigenvalue weighted by molar-refractivity contribution is 0.305. The van der Waals surface area contributed by atoms with Crippen molar-refractivity contribution < 1.29 is 14.1 Å². The van der Waals surface area contributed by atoms with Crippen molar-refractivity contribution in [2.75, 3.05) is 6.61 Å². The molecule has 1 aromatic rings. The van der Waals surface area contributed by atoms with E-state index in [0.717, 1.165) is 31.5 Å². The van der Waals surface area contributed by atoms with E-state index in [2.05, 4.69) is 32.0 Å². The third kappa shape index (κ3) is 5.15. The van der Waals surface area contributed by atoms with Crippen LogP contribution >= 0.6 is 0 Å². The van der Waals surface area contributed by atoms with Gasteiger partial charge in [0.1, 0.15) is 5.75 Å². The summed E-state index contributed by atoms with van der Waals surface area (Å²) in [6.45, 7) is 4.92. The summed E-state index contributed by atoms with van der Waals surface area (Å²) in [5.41, 5.74) is 2.41. The van der Waals surface area contributed by atoms with E-state index in [1.165, 1.54) is 11.1 Å². The minimum absolute atomic E-state index is 0. The molecular formula is C12H19BF2O. The fraction of sp³-hybridized carbons (Fsp3) is 0.500. The standard InChI is InChI=1S/C12H17BO.2FH/c1-10-6-5-7-11(2)12(10)14-9-4-3-8-13;;/h5-7H,3-4,8-9H2,1-2H3;2*1H. The highest BCUT2D eigenvalue weighted by Gasteiger charge is 2.01. The second-order valence-electron chi connectivity index (χ2n) is 3.57. The van der Waals surface area contributed by atoms with E-state index in [0.29, 0.717) is 0 Å². The van der Waals surface area contributed by atoms with Gasteiger partial charge in [-0.15, -0.1) is 0 Å². The lowest BCUT2D eigenvalue weighted by Gasteiger charge is -2.11. The van der Waals surface area contributed by atoms with Gasteiger partial charge >= 0.3 is 0 Å². The highest BCUT2D eigenvalue weighted by molar-refractivity contribution is 6.08. The number of hydrogen-bond donors (Lipinski definition) is 0. The quantitative estimate of drug-likeness (QED) is 0.554. The van der Waals surface area contributed by atoms with Crippen molar-refractivity contribution in [3.63, 3.8) is 0 Å². The Balaban J connectivity index is 0. The number of para-hydroxylation sites is 1. The van der Waals surface area contributed by atoms with Gasteiger partial charge in [-0.25, -0.2) is 0 Å². The van der Waals surface area contributed by atoms with Crippen molar-refractivity contribution in [3.05, 3.63) is 29.3 Å². The van der Waals surface area contributed by atoms with Crippen LogP contribution in [0.3, 0.4) is 0 Å². The second kappa shape index (κ2) is 9.19. The minimum Gasteiger partial charge on any atom is -0.493 e. The van der Waals surface area contributed by atoms with Crippen molar-refractivity contribution >= 4 is 7.85 Å². The van der Waals surface area contributed by atoms with Gasteiger partial charge in [-0.05, 0) is 31.4 Å². The largest absolute Gasteiger partial charge is 0.493 e. The molecule has 0 spiro atoms. The molecule has 0 fully saturated rings. The monoisotopic (exact) mass is 228 g/mol. The molecule has 4 heteroatoms. The molecule has 0 aromatic heterocycles. The first kappa shape index (κ1) is 17.3. The first-order valence-electron chi connectivity index (χ1n) is 5.15. The SMILES string of the molecule is F.F.[B]CCCCOc1c(C)cccc1C. The Morgan fingerprint density at radius 3 is 2.12 bits per heavy atom. The molecule has 1 rings (SSSR count). The van der Waals surface area contributed by atoms with Crippen LogP contribution in [0.15, 0.2) is 18.2 Å². The van der Waals surface area contributed by atoms with E-state index in [9.17, 15) is 0 Å². The lowest BCUT2D eigenvalue weighted by atomic mass is 10.0. The fourth-order valence-electron chi connectivity index (χ4n) is 1.45. The van der Waals surface area contributed by atoms with Crippen LogP contribution in [0.1, 0.15) is 24.0 Å². The van der Waals surface area contributed by atoms with Gasteiger partial charge in [-0.1, -0.05) is 30.9 Å². The predicted molar refractivity (Wildman–Crippen MR) is 66.2 cm³/mol. The third-order valence-electron chi connectivity index (χ3n) is 2.25. The van der Waals surface area contributed by atoms with Crippen LogP contribution in [0.2, 0.25) is 6.32 Å². The molecule has 16 heavy (non-hydrogen) atoms. The highest BCUT2D eigenvalue weighted by Crippen LogP contribution is 2.22. The van der Waals surface area contributed by atoms with E-state index < -0.39 is 0 Å². The Bertz CT molecular complexity index is 272. The minimum atomic E-state index is 0. The molecule has 0 atom stereocenters. The van der Waals surface area contributed by atoms with E-state index in [-0.39, 0.29) is 9.41 Å². The van der Waals surface area contributed by atoms with E-state index >= 15 is 0 Å². The van der Waals surface area contributed by atoms with E-state index in [1.54, 1.807) is 0 Å². The van der Waals surface area contributed by atoms with Crippen LogP contribution in [0.25, 0.3) is 0 Å². The van der Waals surface area contributed by atoms with Crippen molar-refractivity contribution in [2.24, 2.45) is 0 Å². The Morgan fingerprint density at radius 1 is 1.06 bits per heavy atom. The summed E-state index contributed by atoms with van der Waals surface area (Å²) in [7, 11) is 5.41.